The summed E-state index contributed by atoms with van der Waals surface area (Å²) in [4.78, 5) is 0. The lowest BCUT2D eigenvalue weighted by Crippen LogP contribution is -2.05. The van der Waals surface area contributed by atoms with Crippen molar-refractivity contribution in [3.05, 3.63) is 0 Å². The Balaban J connectivity index is 2.35. The summed E-state index contributed by atoms with van der Waals surface area (Å²) in [6.07, 6.45) is 4.76. The maximum atomic E-state index is 5.05. The quantitative estimate of drug-likeness (QED) is 0.422. The van der Waals surface area contributed by atoms with Crippen LogP contribution in [0.1, 0.15) is 6.92 Å². The molecule has 1 heterocycles. The van der Waals surface area contributed by atoms with E-state index in [1.165, 1.54) is 0 Å². The highest BCUT2D eigenvalue weighted by atomic mass is 16.7. The summed E-state index contributed by atoms with van der Waals surface area (Å²) in [6.45, 7) is 2.55. The van der Waals surface area contributed by atoms with Crippen LogP contribution in [0.3, 0.4) is 0 Å². The highest BCUT2D eigenvalue weighted by molar-refractivity contribution is 4.91. The molecule has 1 aliphatic rings. The number of ether oxygens (including phenoxy) is 2. The van der Waals surface area contributed by atoms with Gasteiger partial charge in [-0.3, -0.25) is 0 Å². The van der Waals surface area contributed by atoms with Crippen LogP contribution < -0.4 is 0 Å². The molecule has 0 spiro atoms. The lowest BCUT2D eigenvalue weighted by atomic mass is 10.5. The van der Waals surface area contributed by atoms with Crippen LogP contribution in [0.2, 0.25) is 0 Å². The first kappa shape index (κ1) is 5.61. The van der Waals surface area contributed by atoms with E-state index in [1.54, 1.807) is 0 Å². The third kappa shape index (κ3) is 1.00. The Morgan fingerprint density at radius 2 is 2.50 bits per heavy atom. The van der Waals surface area contributed by atoms with Gasteiger partial charge >= 0.3 is 0 Å². The van der Waals surface area contributed by atoms with Gasteiger partial charge in [0, 0.05) is 0 Å². The van der Waals surface area contributed by atoms with Crippen LogP contribution in [-0.4, -0.2) is 19.0 Å². The Labute approximate surface area is 48.8 Å². The second-order valence-electron chi connectivity index (χ2n) is 1.78. The first-order valence-corrected chi connectivity index (χ1v) is 2.56. The third-order valence-corrected chi connectivity index (χ3v) is 0.974. The maximum absolute atomic E-state index is 5.05. The minimum Gasteiger partial charge on any atom is -0.339 e. The van der Waals surface area contributed by atoms with Crippen molar-refractivity contribution < 1.29 is 9.47 Å². The van der Waals surface area contributed by atoms with E-state index >= 15 is 0 Å². The van der Waals surface area contributed by atoms with E-state index in [2.05, 4.69) is 5.92 Å². The van der Waals surface area contributed by atoms with Gasteiger partial charge in [0.15, 0.2) is 0 Å². The monoisotopic (exact) mass is 112 g/mol. The van der Waals surface area contributed by atoms with Crippen molar-refractivity contribution in [2.45, 2.75) is 19.3 Å². The normalized spacial score (nSPS) is 37.0. The molecule has 0 radical (unpaired) electrons. The molecular weight excluding hydrogens is 104 g/mol. The highest BCUT2D eigenvalue weighted by Gasteiger charge is 2.19. The number of terminal acetylenes is 1. The summed E-state index contributed by atoms with van der Waals surface area (Å²) in [5.41, 5.74) is 0. The summed E-state index contributed by atoms with van der Waals surface area (Å²) in [5.74, 6) is 2.35. The molecular formula is C6H8O2. The molecule has 1 rings (SSSR count). The molecule has 2 atom stereocenters. The molecule has 0 aromatic heterocycles. The molecule has 0 saturated carbocycles. The fourth-order valence-electron chi connectivity index (χ4n) is 0.600. The second-order valence-corrected chi connectivity index (χ2v) is 1.78. The van der Waals surface area contributed by atoms with E-state index in [4.69, 9.17) is 15.9 Å². The van der Waals surface area contributed by atoms with Gasteiger partial charge in [0.25, 0.3) is 0 Å². The molecule has 0 bridgehead atoms. The smallest absolute Gasteiger partial charge is 0.222 e. The molecule has 0 amide bonds. The van der Waals surface area contributed by atoms with Crippen LogP contribution in [-0.2, 0) is 9.47 Å². The Morgan fingerprint density at radius 3 is 2.75 bits per heavy atom. The van der Waals surface area contributed by atoms with E-state index in [0.717, 1.165) is 0 Å². The van der Waals surface area contributed by atoms with E-state index < -0.39 is 6.29 Å². The summed E-state index contributed by atoms with van der Waals surface area (Å²) in [7, 11) is 0. The van der Waals surface area contributed by atoms with Crippen molar-refractivity contribution in [1.29, 1.82) is 0 Å². The van der Waals surface area contributed by atoms with Gasteiger partial charge in [0.05, 0.1) is 12.7 Å². The predicted octanol–water partition coefficient (Wildman–Crippen LogP) is 0.381. The molecule has 0 N–H and O–H groups in total. The van der Waals surface area contributed by atoms with Crippen LogP contribution in [0, 0.1) is 12.3 Å². The number of rotatable bonds is 0. The molecule has 0 aromatic carbocycles. The molecule has 1 aliphatic heterocycles. The van der Waals surface area contributed by atoms with Gasteiger partial charge < -0.3 is 9.47 Å². The van der Waals surface area contributed by atoms with Crippen LogP contribution in [0.25, 0.3) is 0 Å². The van der Waals surface area contributed by atoms with Crippen molar-refractivity contribution in [3.63, 3.8) is 0 Å². The fraction of sp³-hybridized carbons (Fsp3) is 0.667. The lowest BCUT2D eigenvalue weighted by Gasteiger charge is -1.97. The molecule has 0 aromatic rings. The van der Waals surface area contributed by atoms with Crippen LogP contribution in [0.4, 0.5) is 0 Å². The Kier molecular flexibility index (Phi) is 1.52. The molecule has 8 heavy (non-hydrogen) atoms. The molecule has 44 valence electrons. The van der Waals surface area contributed by atoms with Crippen molar-refractivity contribution in [3.8, 4) is 12.3 Å². The summed E-state index contributed by atoms with van der Waals surface area (Å²) in [6, 6.07) is 0. The summed E-state index contributed by atoms with van der Waals surface area (Å²) < 4.78 is 10.0. The number of hydrogen-bond acceptors (Lipinski definition) is 2. The summed E-state index contributed by atoms with van der Waals surface area (Å²) in [5, 5.41) is 0. The standard InChI is InChI=1S/C6H8O2/c1-3-6-7-4-5(2)8-6/h1,5-6H,4H2,2H3. The maximum Gasteiger partial charge on any atom is 0.222 e. The van der Waals surface area contributed by atoms with Crippen LogP contribution >= 0.6 is 0 Å². The summed E-state index contributed by atoms with van der Waals surface area (Å²) >= 11 is 0. The highest BCUT2D eigenvalue weighted by Crippen LogP contribution is 2.08. The zero-order valence-corrected chi connectivity index (χ0v) is 4.76. The molecule has 1 fully saturated rings. The SMILES string of the molecule is C#CC1OCC(C)O1. The zero-order chi connectivity index (χ0) is 5.98. The number of hydrogen-bond donors (Lipinski definition) is 0. The van der Waals surface area contributed by atoms with Gasteiger partial charge in [-0.25, -0.2) is 0 Å². The predicted molar refractivity (Wildman–Crippen MR) is 29.1 cm³/mol. The first-order chi connectivity index (χ1) is 3.83. The van der Waals surface area contributed by atoms with Crippen molar-refractivity contribution in [2.75, 3.05) is 6.61 Å². The zero-order valence-electron chi connectivity index (χ0n) is 4.76. The van der Waals surface area contributed by atoms with E-state index in [9.17, 15) is 0 Å². The van der Waals surface area contributed by atoms with Gasteiger partial charge in [-0.15, -0.1) is 6.42 Å². The van der Waals surface area contributed by atoms with Gasteiger partial charge in [-0.2, -0.15) is 0 Å². The molecule has 0 aliphatic carbocycles. The van der Waals surface area contributed by atoms with Gasteiger partial charge in [0.2, 0.25) is 6.29 Å². The van der Waals surface area contributed by atoms with Gasteiger partial charge in [-0.05, 0) is 12.8 Å². The van der Waals surface area contributed by atoms with E-state index in [-0.39, 0.29) is 6.10 Å². The van der Waals surface area contributed by atoms with Crippen LogP contribution in [0.15, 0.2) is 0 Å². The van der Waals surface area contributed by atoms with E-state index in [0.29, 0.717) is 6.61 Å². The lowest BCUT2D eigenvalue weighted by molar-refractivity contribution is -0.00831. The second kappa shape index (κ2) is 2.17. The van der Waals surface area contributed by atoms with Crippen LogP contribution in [0.5, 0.6) is 0 Å². The minimum absolute atomic E-state index is 0.163. The van der Waals surface area contributed by atoms with Crippen molar-refractivity contribution in [2.24, 2.45) is 0 Å². The van der Waals surface area contributed by atoms with Gasteiger partial charge in [0.1, 0.15) is 0 Å². The van der Waals surface area contributed by atoms with Gasteiger partial charge in [-0.1, -0.05) is 0 Å². The molecule has 2 unspecified atom stereocenters. The minimum atomic E-state index is -0.398. The average molecular weight is 112 g/mol. The van der Waals surface area contributed by atoms with E-state index in [1.807, 2.05) is 6.92 Å². The molecule has 2 heteroatoms. The molecule has 1 saturated heterocycles. The third-order valence-electron chi connectivity index (χ3n) is 0.974. The Morgan fingerprint density at radius 1 is 1.75 bits per heavy atom. The Bertz CT molecular complexity index is 114. The topological polar surface area (TPSA) is 18.5 Å². The fourth-order valence-corrected chi connectivity index (χ4v) is 0.600. The largest absolute Gasteiger partial charge is 0.339 e. The van der Waals surface area contributed by atoms with Crippen molar-refractivity contribution >= 4 is 0 Å². The molecule has 2 nitrogen and oxygen atoms in total. The Hall–Kier alpha value is -0.520. The average Bonchev–Trinajstić information content (AvgIpc) is 2.14. The van der Waals surface area contributed by atoms with Crippen molar-refractivity contribution in [1.82, 2.24) is 0 Å². The first-order valence-electron chi connectivity index (χ1n) is 2.56.